The van der Waals surface area contributed by atoms with Crippen LogP contribution in [0.3, 0.4) is 0 Å². The van der Waals surface area contributed by atoms with Crippen LogP contribution in [0.5, 0.6) is 0 Å². The molecule has 1 fully saturated rings. The molecule has 1 saturated heterocycles. The number of likely N-dealkylation sites (tertiary alicyclic amines) is 1. The van der Waals surface area contributed by atoms with Crippen molar-refractivity contribution in [1.82, 2.24) is 14.5 Å². The molecule has 0 radical (unpaired) electrons. The Labute approximate surface area is 216 Å². The average molecular weight is 534 g/mol. The normalized spacial score (nSPS) is 21.7. The Morgan fingerprint density at radius 1 is 1.26 bits per heavy atom. The summed E-state index contributed by atoms with van der Waals surface area (Å²) < 4.78 is 59.4. The van der Waals surface area contributed by atoms with E-state index in [9.17, 15) is 32.7 Å². The van der Waals surface area contributed by atoms with E-state index in [2.05, 4.69) is 10.3 Å². The second kappa shape index (κ2) is 9.99. The van der Waals surface area contributed by atoms with Gasteiger partial charge in [0.25, 0.3) is 5.92 Å². The molecule has 0 bridgehead atoms. The van der Waals surface area contributed by atoms with Crippen LogP contribution in [-0.4, -0.2) is 50.5 Å². The number of aliphatic hydroxyl groups excluding tert-OH is 1. The second-order valence-corrected chi connectivity index (χ2v) is 9.87. The molecular formula is C26H27F4N5O3. The number of imidazole rings is 1. The number of nitrogens with zero attached hydrogens (tertiary/aromatic N) is 4. The maximum atomic E-state index is 14.9. The smallest absolute Gasteiger partial charge is 0.257 e. The first kappa shape index (κ1) is 26.1. The minimum absolute atomic E-state index is 0.00771. The molecule has 0 spiro atoms. The van der Waals surface area contributed by atoms with E-state index < -0.39 is 48.5 Å². The zero-order chi connectivity index (χ0) is 27.2. The van der Waals surface area contributed by atoms with Crippen molar-refractivity contribution < 1.29 is 32.2 Å². The maximum Gasteiger partial charge on any atom is 0.257 e. The van der Waals surface area contributed by atoms with Crippen molar-refractivity contribution in [1.29, 1.82) is 0 Å². The molecule has 3 atom stereocenters. The number of hydrogen-bond donors (Lipinski definition) is 2. The number of amides is 1. The molecule has 1 amide bonds. The Hall–Kier alpha value is -3.51. The Kier molecular flexibility index (Phi) is 6.86. The Balaban J connectivity index is 1.29. The molecule has 2 aliphatic rings. The number of halogens is 4. The van der Waals surface area contributed by atoms with Gasteiger partial charge in [-0.05, 0) is 36.6 Å². The van der Waals surface area contributed by atoms with Crippen molar-refractivity contribution in [3.63, 3.8) is 0 Å². The third kappa shape index (κ3) is 4.97. The summed E-state index contributed by atoms with van der Waals surface area (Å²) in [7, 11) is 0. The van der Waals surface area contributed by atoms with E-state index >= 15 is 0 Å². The maximum absolute atomic E-state index is 14.9. The monoisotopic (exact) mass is 533 g/mol. The van der Waals surface area contributed by atoms with Gasteiger partial charge in [-0.2, -0.15) is 4.73 Å². The number of hydrogen-bond acceptors (Lipinski definition) is 5. The lowest BCUT2D eigenvalue weighted by atomic mass is 9.86. The zero-order valence-corrected chi connectivity index (χ0v) is 20.6. The van der Waals surface area contributed by atoms with E-state index in [0.717, 1.165) is 12.3 Å². The van der Waals surface area contributed by atoms with Crippen LogP contribution in [0.25, 0.3) is 0 Å². The molecule has 1 unspecified atom stereocenters. The largest absolute Gasteiger partial charge is 0.618 e. The van der Waals surface area contributed by atoms with Crippen LogP contribution in [-0.2, 0) is 17.8 Å². The predicted octanol–water partition coefficient (Wildman–Crippen LogP) is 3.27. The highest BCUT2D eigenvalue weighted by atomic mass is 19.3. The number of benzene rings is 1. The van der Waals surface area contributed by atoms with Crippen molar-refractivity contribution in [3.05, 3.63) is 82.2 Å². The third-order valence-corrected chi connectivity index (χ3v) is 7.48. The van der Waals surface area contributed by atoms with Crippen molar-refractivity contribution in [2.45, 2.75) is 56.7 Å². The minimum atomic E-state index is -3.05. The minimum Gasteiger partial charge on any atom is -0.618 e. The van der Waals surface area contributed by atoms with Gasteiger partial charge in [0.2, 0.25) is 11.6 Å². The van der Waals surface area contributed by atoms with Gasteiger partial charge in [0.05, 0.1) is 18.0 Å². The van der Waals surface area contributed by atoms with Gasteiger partial charge in [0.1, 0.15) is 24.1 Å². The van der Waals surface area contributed by atoms with Gasteiger partial charge in [-0.3, -0.25) is 9.69 Å². The quantitative estimate of drug-likeness (QED) is 0.288. The number of pyridine rings is 1. The van der Waals surface area contributed by atoms with E-state index in [1.807, 2.05) is 0 Å². The zero-order valence-electron chi connectivity index (χ0n) is 20.6. The van der Waals surface area contributed by atoms with E-state index in [-0.39, 0.29) is 36.2 Å². The van der Waals surface area contributed by atoms with Gasteiger partial charge in [-0.1, -0.05) is 0 Å². The highest BCUT2D eigenvalue weighted by Gasteiger charge is 2.46. The van der Waals surface area contributed by atoms with Gasteiger partial charge in [0.15, 0.2) is 12.0 Å². The number of aromatic nitrogens is 3. The van der Waals surface area contributed by atoms with Crippen molar-refractivity contribution in [3.8, 4) is 0 Å². The standard InChI is InChI=1S/C26H27F4N5O3/c1-15(33-7-5-26(29,30)21(12-33)16-4-6-35(38)20(10-16)14-36)25(37)32-23-13-34-22(2-3-24(34)31-23)17-8-18(27)11-19(28)9-17/h4,6,8-11,13,15,21-22,36H,2-3,5,7,12,14H2,1H3,(H,32,37)/t15-,21?,22+/m0/s1. The number of anilines is 1. The van der Waals surface area contributed by atoms with Crippen LogP contribution >= 0.6 is 0 Å². The number of fused-ring (bicyclic) bond motifs is 1. The fourth-order valence-corrected chi connectivity index (χ4v) is 5.36. The van der Waals surface area contributed by atoms with Gasteiger partial charge < -0.3 is 20.2 Å². The van der Waals surface area contributed by atoms with Gasteiger partial charge in [0, 0.05) is 50.3 Å². The summed E-state index contributed by atoms with van der Waals surface area (Å²) in [4.78, 5) is 19.2. The summed E-state index contributed by atoms with van der Waals surface area (Å²) in [6.45, 7) is 0.907. The predicted molar refractivity (Wildman–Crippen MR) is 128 cm³/mol. The highest BCUT2D eigenvalue weighted by Crippen LogP contribution is 2.41. The molecule has 2 aliphatic heterocycles. The number of carbonyl (C=O) groups is 1. The molecule has 202 valence electrons. The molecule has 5 rings (SSSR count). The number of alkyl halides is 2. The molecule has 2 aromatic heterocycles. The molecule has 0 saturated carbocycles. The molecule has 38 heavy (non-hydrogen) atoms. The van der Waals surface area contributed by atoms with Crippen molar-refractivity contribution in [2.75, 3.05) is 18.4 Å². The van der Waals surface area contributed by atoms with E-state index in [4.69, 9.17) is 0 Å². The number of carbonyl (C=O) groups excluding carboxylic acids is 1. The molecule has 1 aromatic carbocycles. The fourth-order valence-electron chi connectivity index (χ4n) is 5.36. The third-order valence-electron chi connectivity index (χ3n) is 7.48. The first-order valence-electron chi connectivity index (χ1n) is 12.3. The van der Waals surface area contributed by atoms with Crippen molar-refractivity contribution >= 4 is 11.7 Å². The highest BCUT2D eigenvalue weighted by molar-refractivity contribution is 5.93. The number of rotatable bonds is 6. The average Bonchev–Trinajstić information content (AvgIpc) is 3.43. The molecule has 8 nitrogen and oxygen atoms in total. The van der Waals surface area contributed by atoms with Crippen LogP contribution < -0.4 is 10.0 Å². The SMILES string of the molecule is C[C@@H](C(=O)Nc1cn2c(n1)CC[C@@H]2c1cc(F)cc(F)c1)N1CCC(F)(F)C(c2cc[n+]([O-])c(CO)c2)C1. The summed E-state index contributed by atoms with van der Waals surface area (Å²) >= 11 is 0. The summed E-state index contributed by atoms with van der Waals surface area (Å²) in [5.74, 6) is -5.15. The molecule has 12 heteroatoms. The first-order valence-corrected chi connectivity index (χ1v) is 12.3. The summed E-state index contributed by atoms with van der Waals surface area (Å²) in [6.07, 6.45) is 3.42. The summed E-state index contributed by atoms with van der Waals surface area (Å²) in [6, 6.07) is 4.86. The van der Waals surface area contributed by atoms with Gasteiger partial charge in [-0.25, -0.2) is 22.5 Å². The Morgan fingerprint density at radius 2 is 2.00 bits per heavy atom. The lowest BCUT2D eigenvalue weighted by Crippen LogP contribution is -2.52. The van der Waals surface area contributed by atoms with Gasteiger partial charge in [-0.15, -0.1) is 0 Å². The lowest BCUT2D eigenvalue weighted by molar-refractivity contribution is -0.616. The van der Waals surface area contributed by atoms with Crippen LogP contribution in [0.2, 0.25) is 0 Å². The molecule has 4 heterocycles. The molecular weight excluding hydrogens is 506 g/mol. The van der Waals surface area contributed by atoms with Crippen LogP contribution in [0.1, 0.15) is 54.4 Å². The molecule has 2 N–H and O–H groups in total. The number of nitrogens with one attached hydrogen (secondary N) is 1. The second-order valence-electron chi connectivity index (χ2n) is 9.87. The molecule has 0 aliphatic carbocycles. The Morgan fingerprint density at radius 3 is 2.71 bits per heavy atom. The topological polar surface area (TPSA) is 97.3 Å². The van der Waals surface area contributed by atoms with Crippen molar-refractivity contribution in [2.24, 2.45) is 0 Å². The van der Waals surface area contributed by atoms with Crippen LogP contribution in [0.4, 0.5) is 23.4 Å². The number of aliphatic hydroxyl groups is 1. The van der Waals surface area contributed by atoms with Gasteiger partial charge >= 0.3 is 0 Å². The van der Waals surface area contributed by atoms with E-state index in [0.29, 0.717) is 29.0 Å². The van der Waals surface area contributed by atoms with E-state index in [1.54, 1.807) is 22.6 Å². The number of piperidine rings is 1. The van der Waals surface area contributed by atoms with E-state index in [1.165, 1.54) is 24.3 Å². The first-order chi connectivity index (χ1) is 18.1. The van der Waals surface area contributed by atoms with Crippen LogP contribution in [0.15, 0.2) is 42.7 Å². The summed E-state index contributed by atoms with van der Waals surface area (Å²) in [5.41, 5.74) is 0.653. The number of aryl methyl sites for hydroxylation is 1. The Bertz CT molecular complexity index is 1340. The summed E-state index contributed by atoms with van der Waals surface area (Å²) in [5, 5.41) is 23.8. The fraction of sp³-hybridized carbons (Fsp3) is 0.423. The lowest BCUT2D eigenvalue weighted by Gasteiger charge is -2.40. The molecule has 3 aromatic rings. The van der Waals surface area contributed by atoms with Crippen LogP contribution in [0, 0.1) is 16.8 Å².